The van der Waals surface area contributed by atoms with Crippen molar-refractivity contribution in [2.45, 2.75) is 6.54 Å². The van der Waals surface area contributed by atoms with E-state index in [0.717, 1.165) is 39.9 Å². The van der Waals surface area contributed by atoms with Crippen molar-refractivity contribution in [2.75, 3.05) is 5.32 Å². The highest BCUT2D eigenvalue weighted by Crippen LogP contribution is 2.32. The van der Waals surface area contributed by atoms with E-state index in [9.17, 15) is 5.11 Å². The van der Waals surface area contributed by atoms with Gasteiger partial charge >= 0.3 is 0 Å². The van der Waals surface area contributed by atoms with Crippen molar-refractivity contribution in [3.05, 3.63) is 125 Å². The number of para-hydroxylation sites is 1. The van der Waals surface area contributed by atoms with Gasteiger partial charge in [-0.15, -0.1) is 0 Å². The number of nitrogens with one attached hydrogen (secondary N) is 2. The fourth-order valence-electron chi connectivity index (χ4n) is 3.83. The van der Waals surface area contributed by atoms with Gasteiger partial charge < -0.3 is 15.4 Å². The number of hydrogen-bond acceptors (Lipinski definition) is 3. The van der Waals surface area contributed by atoms with Crippen molar-refractivity contribution < 1.29 is 5.11 Å². The summed E-state index contributed by atoms with van der Waals surface area (Å²) >= 11 is 6.15. The molecular formula is C28H22ClN3O. The molecule has 0 saturated heterocycles. The van der Waals surface area contributed by atoms with Crippen LogP contribution in [0.5, 0.6) is 5.88 Å². The molecular weight excluding hydrogens is 430 g/mol. The zero-order valence-corrected chi connectivity index (χ0v) is 18.6. The van der Waals surface area contributed by atoms with Crippen LogP contribution in [0.3, 0.4) is 0 Å². The van der Waals surface area contributed by atoms with Gasteiger partial charge in [0.2, 0.25) is 0 Å². The number of fused-ring (bicyclic) bond motifs is 1. The number of anilines is 1. The Kier molecular flexibility index (Phi) is 5.83. The zero-order valence-electron chi connectivity index (χ0n) is 17.8. The number of hydrogen-bond donors (Lipinski definition) is 3. The molecule has 0 radical (unpaired) electrons. The number of benzene rings is 4. The Bertz CT molecular complexity index is 1410. The molecule has 4 nitrogen and oxygen atoms in total. The second kappa shape index (κ2) is 9.23. The smallest absolute Gasteiger partial charge is 0.199 e. The molecule has 3 N–H and O–H groups in total. The number of aromatic nitrogens is 1. The molecule has 0 amide bonds. The molecule has 1 heterocycles. The normalized spacial score (nSPS) is 11.6. The van der Waals surface area contributed by atoms with Gasteiger partial charge in [-0.1, -0.05) is 78.3 Å². The van der Waals surface area contributed by atoms with Crippen molar-refractivity contribution >= 4 is 39.6 Å². The number of aromatic amines is 1. The topological polar surface area (TPSA) is 60.4 Å². The van der Waals surface area contributed by atoms with Crippen molar-refractivity contribution in [1.82, 2.24) is 4.98 Å². The molecule has 0 aliphatic rings. The van der Waals surface area contributed by atoms with Gasteiger partial charge in [-0.25, -0.2) is 4.99 Å². The van der Waals surface area contributed by atoms with Crippen molar-refractivity contribution in [2.24, 2.45) is 4.99 Å². The van der Waals surface area contributed by atoms with Gasteiger partial charge in [0.25, 0.3) is 0 Å². The first-order valence-electron chi connectivity index (χ1n) is 10.7. The van der Waals surface area contributed by atoms with Crippen LogP contribution in [0.15, 0.2) is 108 Å². The number of aromatic hydroxyl groups is 1. The van der Waals surface area contributed by atoms with Crippen LogP contribution in [0.25, 0.3) is 10.9 Å². The standard InChI is InChI=1S/C28H22ClN3O/c29-21-13-16-24-25(17-21)32-28(33)26(24)27(20-7-3-1-4-8-20)31-23-14-11-19(12-15-23)18-30-22-9-5-2-6-10-22/h1-17,30,32-33H,18H2. The lowest BCUT2D eigenvalue weighted by atomic mass is 10.0. The molecule has 0 saturated carbocycles. The Morgan fingerprint density at radius 2 is 1.55 bits per heavy atom. The largest absolute Gasteiger partial charge is 0.494 e. The van der Waals surface area contributed by atoms with E-state index in [2.05, 4.69) is 22.4 Å². The lowest BCUT2D eigenvalue weighted by Crippen LogP contribution is -2.03. The molecule has 0 fully saturated rings. The first-order valence-corrected chi connectivity index (χ1v) is 11.1. The molecule has 0 atom stereocenters. The van der Waals surface area contributed by atoms with Gasteiger partial charge in [0, 0.05) is 28.2 Å². The molecule has 4 aromatic carbocycles. The molecule has 0 spiro atoms. The summed E-state index contributed by atoms with van der Waals surface area (Å²) in [5.74, 6) is 0.0681. The van der Waals surface area contributed by atoms with Gasteiger partial charge in [0.15, 0.2) is 5.88 Å². The summed E-state index contributed by atoms with van der Waals surface area (Å²) in [6.07, 6.45) is 0. The van der Waals surface area contributed by atoms with E-state index in [0.29, 0.717) is 16.3 Å². The Hall–Kier alpha value is -4.02. The number of halogens is 1. The maximum Gasteiger partial charge on any atom is 0.199 e. The van der Waals surface area contributed by atoms with Crippen LogP contribution in [-0.2, 0) is 6.54 Å². The van der Waals surface area contributed by atoms with Crippen LogP contribution in [0.2, 0.25) is 5.02 Å². The van der Waals surface area contributed by atoms with E-state index < -0.39 is 0 Å². The van der Waals surface area contributed by atoms with E-state index in [-0.39, 0.29) is 5.88 Å². The Labute approximate surface area is 197 Å². The minimum absolute atomic E-state index is 0.0681. The second-order valence-electron chi connectivity index (χ2n) is 7.75. The van der Waals surface area contributed by atoms with E-state index in [4.69, 9.17) is 16.6 Å². The van der Waals surface area contributed by atoms with Crippen molar-refractivity contribution in [3.63, 3.8) is 0 Å². The molecule has 1 aromatic heterocycles. The summed E-state index contributed by atoms with van der Waals surface area (Å²) in [6.45, 7) is 0.726. The van der Waals surface area contributed by atoms with Gasteiger partial charge in [0.1, 0.15) is 0 Å². The summed E-state index contributed by atoms with van der Waals surface area (Å²) < 4.78 is 0. The number of aliphatic imine (C=N–C) groups is 1. The van der Waals surface area contributed by atoms with E-state index in [1.54, 1.807) is 6.07 Å². The summed E-state index contributed by atoms with van der Waals surface area (Å²) in [5, 5.41) is 15.7. The highest BCUT2D eigenvalue weighted by atomic mass is 35.5. The number of H-pyrrole nitrogens is 1. The number of rotatable bonds is 6. The first-order chi connectivity index (χ1) is 16.2. The highest BCUT2D eigenvalue weighted by molar-refractivity contribution is 6.31. The van der Waals surface area contributed by atoms with Gasteiger partial charge in [-0.2, -0.15) is 0 Å². The molecule has 0 unspecified atom stereocenters. The summed E-state index contributed by atoms with van der Waals surface area (Å²) in [7, 11) is 0. The molecule has 5 heteroatoms. The monoisotopic (exact) mass is 451 g/mol. The summed E-state index contributed by atoms with van der Waals surface area (Å²) in [5.41, 5.74) is 6.07. The summed E-state index contributed by atoms with van der Waals surface area (Å²) in [6, 6.07) is 33.6. The van der Waals surface area contributed by atoms with E-state index in [1.165, 1.54) is 0 Å². The molecule has 0 aliphatic carbocycles. The third kappa shape index (κ3) is 4.61. The highest BCUT2D eigenvalue weighted by Gasteiger charge is 2.18. The first kappa shape index (κ1) is 20.9. The second-order valence-corrected chi connectivity index (χ2v) is 8.19. The zero-order chi connectivity index (χ0) is 22.6. The van der Waals surface area contributed by atoms with Gasteiger partial charge in [-0.3, -0.25) is 0 Å². The van der Waals surface area contributed by atoms with Gasteiger partial charge in [0.05, 0.1) is 22.5 Å². The molecule has 0 bridgehead atoms. The average Bonchev–Trinajstić information content (AvgIpc) is 3.17. The average molecular weight is 452 g/mol. The maximum absolute atomic E-state index is 10.8. The third-order valence-corrected chi connectivity index (χ3v) is 5.71. The SMILES string of the molecule is Oc1[nH]c2cc(Cl)ccc2c1C(=Nc1ccc(CNc2ccccc2)cc1)c1ccccc1. The number of nitrogens with zero attached hydrogens (tertiary/aromatic N) is 1. The molecule has 33 heavy (non-hydrogen) atoms. The van der Waals surface area contributed by atoms with Crippen LogP contribution in [-0.4, -0.2) is 15.8 Å². The Morgan fingerprint density at radius 1 is 0.848 bits per heavy atom. The van der Waals surface area contributed by atoms with E-state index in [1.807, 2.05) is 84.9 Å². The molecule has 5 rings (SSSR count). The Balaban J connectivity index is 1.51. The lowest BCUT2D eigenvalue weighted by Gasteiger charge is -2.09. The van der Waals surface area contributed by atoms with Gasteiger partial charge in [-0.05, 0) is 42.0 Å². The molecule has 162 valence electrons. The van der Waals surface area contributed by atoms with Crippen molar-refractivity contribution in [3.8, 4) is 5.88 Å². The predicted octanol–water partition coefficient (Wildman–Crippen LogP) is 7.31. The fourth-order valence-corrected chi connectivity index (χ4v) is 4.01. The van der Waals surface area contributed by atoms with Crippen LogP contribution in [0.4, 0.5) is 11.4 Å². The minimum Gasteiger partial charge on any atom is -0.494 e. The van der Waals surface area contributed by atoms with Crippen LogP contribution >= 0.6 is 11.6 Å². The minimum atomic E-state index is 0.0681. The predicted molar refractivity (Wildman–Crippen MR) is 137 cm³/mol. The molecule has 5 aromatic rings. The quantitative estimate of drug-likeness (QED) is 0.237. The molecule has 0 aliphatic heterocycles. The lowest BCUT2D eigenvalue weighted by molar-refractivity contribution is 0.457. The third-order valence-electron chi connectivity index (χ3n) is 5.47. The van der Waals surface area contributed by atoms with Crippen LogP contribution in [0, 0.1) is 0 Å². The fraction of sp³-hybridized carbons (Fsp3) is 0.0357. The maximum atomic E-state index is 10.8. The van der Waals surface area contributed by atoms with E-state index >= 15 is 0 Å². The Morgan fingerprint density at radius 3 is 2.27 bits per heavy atom. The summed E-state index contributed by atoms with van der Waals surface area (Å²) in [4.78, 5) is 7.97. The van der Waals surface area contributed by atoms with Crippen molar-refractivity contribution in [1.29, 1.82) is 0 Å². The van der Waals surface area contributed by atoms with Crippen LogP contribution in [0.1, 0.15) is 16.7 Å². The van der Waals surface area contributed by atoms with Crippen LogP contribution < -0.4 is 5.32 Å².